The summed E-state index contributed by atoms with van der Waals surface area (Å²) >= 11 is 1.69. The van der Waals surface area contributed by atoms with Gasteiger partial charge in [0.15, 0.2) is 5.82 Å². The minimum absolute atomic E-state index is 0.541. The van der Waals surface area contributed by atoms with Gasteiger partial charge in [0.05, 0.1) is 0 Å². The van der Waals surface area contributed by atoms with Crippen LogP contribution in [-0.2, 0) is 6.42 Å². The van der Waals surface area contributed by atoms with Crippen molar-refractivity contribution in [1.29, 1.82) is 0 Å². The maximum atomic E-state index is 5.22. The number of nitrogens with zero attached hydrogens (tertiary/aromatic N) is 3. The van der Waals surface area contributed by atoms with Crippen molar-refractivity contribution >= 4 is 11.3 Å². The average molecular weight is 243 g/mol. The van der Waals surface area contributed by atoms with Gasteiger partial charge in [0.1, 0.15) is 0 Å². The summed E-state index contributed by atoms with van der Waals surface area (Å²) in [4.78, 5) is 9.54. The van der Waals surface area contributed by atoms with Gasteiger partial charge in [-0.25, -0.2) is 0 Å². The minimum Gasteiger partial charge on any atom is -0.334 e. The second kappa shape index (κ2) is 4.47. The van der Waals surface area contributed by atoms with Gasteiger partial charge in [-0.15, -0.1) is 11.3 Å². The van der Waals surface area contributed by atoms with E-state index in [0.717, 1.165) is 5.56 Å². The average Bonchev–Trinajstić information content (AvgIpc) is 3.02. The van der Waals surface area contributed by atoms with E-state index in [0.29, 0.717) is 18.1 Å². The molecule has 0 aliphatic rings. The Bertz CT molecular complexity index is 589. The standard InChI is InChI=1S/C12H9N3OS/c1-2-10(17-7-1)8-11-14-12(16-15-11)9-3-5-13-6-4-9/h1-7H,8H2. The maximum Gasteiger partial charge on any atom is 0.258 e. The van der Waals surface area contributed by atoms with Crippen LogP contribution in [0, 0.1) is 0 Å². The molecule has 0 aromatic carbocycles. The highest BCUT2D eigenvalue weighted by atomic mass is 32.1. The molecule has 0 spiro atoms. The molecule has 0 aliphatic heterocycles. The smallest absolute Gasteiger partial charge is 0.258 e. The Balaban J connectivity index is 1.84. The Morgan fingerprint density at radius 2 is 2.06 bits per heavy atom. The number of rotatable bonds is 3. The third-order valence-electron chi connectivity index (χ3n) is 2.31. The normalized spacial score (nSPS) is 10.6. The molecule has 3 heterocycles. The van der Waals surface area contributed by atoms with Gasteiger partial charge in [-0.2, -0.15) is 4.98 Å². The van der Waals surface area contributed by atoms with Gasteiger partial charge in [0.25, 0.3) is 5.89 Å². The zero-order valence-electron chi connectivity index (χ0n) is 8.91. The Morgan fingerprint density at radius 1 is 1.18 bits per heavy atom. The van der Waals surface area contributed by atoms with Crippen molar-refractivity contribution in [3.05, 3.63) is 52.7 Å². The van der Waals surface area contributed by atoms with Gasteiger partial charge >= 0.3 is 0 Å². The van der Waals surface area contributed by atoms with Gasteiger partial charge in [0.2, 0.25) is 0 Å². The first-order chi connectivity index (χ1) is 8.42. The van der Waals surface area contributed by atoms with Crippen LogP contribution in [0.3, 0.4) is 0 Å². The molecule has 3 aromatic heterocycles. The van der Waals surface area contributed by atoms with E-state index in [1.807, 2.05) is 23.6 Å². The van der Waals surface area contributed by atoms with Crippen LogP contribution < -0.4 is 0 Å². The highest BCUT2D eigenvalue weighted by molar-refractivity contribution is 7.09. The monoisotopic (exact) mass is 243 g/mol. The molecule has 0 saturated heterocycles. The third-order valence-corrected chi connectivity index (χ3v) is 3.18. The second-order valence-corrected chi connectivity index (χ2v) is 4.54. The molecule has 0 amide bonds. The van der Waals surface area contributed by atoms with E-state index in [1.165, 1.54) is 4.88 Å². The van der Waals surface area contributed by atoms with Crippen molar-refractivity contribution in [3.63, 3.8) is 0 Å². The lowest BCUT2D eigenvalue weighted by atomic mass is 10.3. The molecule has 3 rings (SSSR count). The summed E-state index contributed by atoms with van der Waals surface area (Å²) in [6.07, 6.45) is 4.13. The molecule has 84 valence electrons. The predicted molar refractivity (Wildman–Crippen MR) is 64.7 cm³/mol. The first kappa shape index (κ1) is 10.2. The van der Waals surface area contributed by atoms with E-state index in [4.69, 9.17) is 4.52 Å². The number of hydrogen-bond acceptors (Lipinski definition) is 5. The summed E-state index contributed by atoms with van der Waals surface area (Å²) in [6.45, 7) is 0. The molecule has 0 aliphatic carbocycles. The fourth-order valence-corrected chi connectivity index (χ4v) is 2.21. The zero-order chi connectivity index (χ0) is 11.5. The van der Waals surface area contributed by atoms with E-state index in [9.17, 15) is 0 Å². The lowest BCUT2D eigenvalue weighted by molar-refractivity contribution is 0.424. The van der Waals surface area contributed by atoms with Crippen molar-refractivity contribution in [2.75, 3.05) is 0 Å². The van der Waals surface area contributed by atoms with Gasteiger partial charge in [-0.3, -0.25) is 4.98 Å². The Labute approximate surface area is 102 Å². The maximum absolute atomic E-state index is 5.22. The molecular formula is C12H9N3OS. The van der Waals surface area contributed by atoms with Crippen LogP contribution in [0.15, 0.2) is 46.6 Å². The molecule has 0 radical (unpaired) electrons. The van der Waals surface area contributed by atoms with Crippen molar-refractivity contribution in [2.24, 2.45) is 0 Å². The van der Waals surface area contributed by atoms with Crippen LogP contribution in [0.5, 0.6) is 0 Å². The predicted octanol–water partition coefficient (Wildman–Crippen LogP) is 2.78. The SMILES string of the molecule is c1csc(Cc2noc(-c3ccncc3)n2)c1. The third kappa shape index (κ3) is 2.24. The largest absolute Gasteiger partial charge is 0.334 e. The van der Waals surface area contributed by atoms with Gasteiger partial charge in [0, 0.05) is 29.3 Å². The lowest BCUT2D eigenvalue weighted by Gasteiger charge is -1.90. The number of thiophene rings is 1. The zero-order valence-corrected chi connectivity index (χ0v) is 9.72. The van der Waals surface area contributed by atoms with E-state index in [1.54, 1.807) is 23.7 Å². The molecule has 17 heavy (non-hydrogen) atoms. The van der Waals surface area contributed by atoms with Crippen LogP contribution >= 0.6 is 11.3 Å². The van der Waals surface area contributed by atoms with Crippen LogP contribution in [-0.4, -0.2) is 15.1 Å². The van der Waals surface area contributed by atoms with Crippen LogP contribution in [0.1, 0.15) is 10.7 Å². The summed E-state index contributed by atoms with van der Waals surface area (Å²) in [6, 6.07) is 7.78. The number of pyridine rings is 1. The Hall–Kier alpha value is -2.01. The minimum atomic E-state index is 0.541. The molecule has 3 aromatic rings. The molecular weight excluding hydrogens is 234 g/mol. The summed E-state index contributed by atoms with van der Waals surface area (Å²) < 4.78 is 5.22. The van der Waals surface area contributed by atoms with E-state index in [2.05, 4.69) is 21.2 Å². The van der Waals surface area contributed by atoms with Gasteiger partial charge in [-0.1, -0.05) is 11.2 Å². The van der Waals surface area contributed by atoms with E-state index >= 15 is 0 Å². The number of hydrogen-bond donors (Lipinski definition) is 0. The molecule has 0 N–H and O–H groups in total. The molecule has 0 bridgehead atoms. The van der Waals surface area contributed by atoms with Crippen LogP contribution in [0.4, 0.5) is 0 Å². The summed E-state index contributed by atoms with van der Waals surface area (Å²) in [7, 11) is 0. The van der Waals surface area contributed by atoms with Crippen LogP contribution in [0.2, 0.25) is 0 Å². The first-order valence-electron chi connectivity index (χ1n) is 5.17. The molecule has 0 unspecified atom stereocenters. The molecule has 0 saturated carbocycles. The fraction of sp³-hybridized carbons (Fsp3) is 0.0833. The van der Waals surface area contributed by atoms with E-state index < -0.39 is 0 Å². The highest BCUT2D eigenvalue weighted by Gasteiger charge is 2.09. The Morgan fingerprint density at radius 3 is 2.82 bits per heavy atom. The first-order valence-corrected chi connectivity index (χ1v) is 6.05. The number of aromatic nitrogens is 3. The highest BCUT2D eigenvalue weighted by Crippen LogP contribution is 2.18. The molecule has 5 heteroatoms. The Kier molecular flexibility index (Phi) is 2.67. The van der Waals surface area contributed by atoms with Crippen molar-refractivity contribution in [1.82, 2.24) is 15.1 Å². The molecule has 4 nitrogen and oxygen atoms in total. The second-order valence-electron chi connectivity index (χ2n) is 3.51. The van der Waals surface area contributed by atoms with Crippen molar-refractivity contribution in [3.8, 4) is 11.5 Å². The van der Waals surface area contributed by atoms with Gasteiger partial charge < -0.3 is 4.52 Å². The van der Waals surface area contributed by atoms with Crippen molar-refractivity contribution in [2.45, 2.75) is 6.42 Å². The molecule has 0 fully saturated rings. The quantitative estimate of drug-likeness (QED) is 0.709. The topological polar surface area (TPSA) is 51.8 Å². The molecule has 0 atom stereocenters. The summed E-state index contributed by atoms with van der Waals surface area (Å²) in [5, 5.41) is 6.01. The van der Waals surface area contributed by atoms with E-state index in [-0.39, 0.29) is 0 Å². The van der Waals surface area contributed by atoms with Crippen LogP contribution in [0.25, 0.3) is 11.5 Å². The summed E-state index contributed by atoms with van der Waals surface area (Å²) in [5.41, 5.74) is 0.893. The fourth-order valence-electron chi connectivity index (χ4n) is 1.51. The van der Waals surface area contributed by atoms with Gasteiger partial charge in [-0.05, 0) is 23.6 Å². The lowest BCUT2D eigenvalue weighted by Crippen LogP contribution is -1.87. The van der Waals surface area contributed by atoms with Crippen molar-refractivity contribution < 1.29 is 4.52 Å². The summed E-state index contributed by atoms with van der Waals surface area (Å²) in [5.74, 6) is 1.25.